The summed E-state index contributed by atoms with van der Waals surface area (Å²) in [5.41, 5.74) is 0.900. The van der Waals surface area contributed by atoms with Gasteiger partial charge in [-0.2, -0.15) is 0 Å². The van der Waals surface area contributed by atoms with Crippen LogP contribution in [0.25, 0.3) is 10.2 Å². The maximum absolute atomic E-state index is 12.2. The lowest BCUT2D eigenvalue weighted by atomic mass is 10.0. The van der Waals surface area contributed by atoms with Gasteiger partial charge in [0, 0.05) is 19.3 Å². The largest absolute Gasteiger partial charge is 0.462 e. The number of fused-ring (bicyclic) bond motifs is 1. The van der Waals surface area contributed by atoms with Gasteiger partial charge in [0.2, 0.25) is 0 Å². The molecule has 3 aromatic heterocycles. The number of esters is 1. The number of hydrogen-bond acceptors (Lipinski definition) is 8. The van der Waals surface area contributed by atoms with Crippen molar-refractivity contribution < 1.29 is 9.53 Å². The summed E-state index contributed by atoms with van der Waals surface area (Å²) in [5.74, 6) is 0.611. The van der Waals surface area contributed by atoms with Gasteiger partial charge >= 0.3 is 5.97 Å². The molecule has 0 radical (unpaired) electrons. The molecule has 0 atom stereocenters. The van der Waals surface area contributed by atoms with E-state index in [1.807, 2.05) is 24.7 Å². The Labute approximate surface area is 154 Å². The number of ether oxygens (including phenoxy) is 1. The Kier molecular flexibility index (Phi) is 4.54. The van der Waals surface area contributed by atoms with Crippen LogP contribution in [0.15, 0.2) is 18.7 Å². The van der Waals surface area contributed by atoms with Gasteiger partial charge in [0.15, 0.2) is 0 Å². The minimum atomic E-state index is -0.288. The molecule has 0 amide bonds. The van der Waals surface area contributed by atoms with E-state index in [2.05, 4.69) is 25.2 Å². The van der Waals surface area contributed by atoms with Crippen LogP contribution in [0.3, 0.4) is 0 Å². The van der Waals surface area contributed by atoms with E-state index in [1.165, 1.54) is 11.3 Å². The van der Waals surface area contributed by atoms with E-state index in [9.17, 15) is 4.79 Å². The predicted molar refractivity (Wildman–Crippen MR) is 98.6 cm³/mol. The molecule has 4 rings (SSSR count). The second-order valence-corrected chi connectivity index (χ2v) is 7.25. The minimum absolute atomic E-state index is 0.288. The maximum Gasteiger partial charge on any atom is 0.348 e. The predicted octanol–water partition coefficient (Wildman–Crippen LogP) is 2.61. The fourth-order valence-electron chi connectivity index (χ4n) is 3.44. The van der Waals surface area contributed by atoms with Crippen molar-refractivity contribution in [3.63, 3.8) is 0 Å². The molecule has 8 nitrogen and oxygen atoms in total. The number of carbonyl (C=O) groups is 1. The van der Waals surface area contributed by atoms with Gasteiger partial charge < -0.3 is 9.64 Å². The molecule has 0 aliphatic carbocycles. The lowest BCUT2D eigenvalue weighted by Gasteiger charge is -2.33. The summed E-state index contributed by atoms with van der Waals surface area (Å²) in [5, 5.41) is 8.97. The first-order valence-electron chi connectivity index (χ1n) is 8.71. The van der Waals surface area contributed by atoms with Crippen LogP contribution in [0.4, 0.5) is 5.82 Å². The lowest BCUT2D eigenvalue weighted by Crippen LogP contribution is -2.35. The van der Waals surface area contributed by atoms with Gasteiger partial charge in [-0.1, -0.05) is 5.21 Å². The van der Waals surface area contributed by atoms with Crippen molar-refractivity contribution >= 4 is 33.3 Å². The third-order valence-corrected chi connectivity index (χ3v) is 5.93. The number of aromatic nitrogens is 5. The van der Waals surface area contributed by atoms with Gasteiger partial charge in [0.05, 0.1) is 24.2 Å². The van der Waals surface area contributed by atoms with Gasteiger partial charge in [0.1, 0.15) is 21.9 Å². The van der Waals surface area contributed by atoms with Gasteiger partial charge in [-0.25, -0.2) is 19.4 Å². The molecular formula is C17H20N6O2S. The second-order valence-electron chi connectivity index (χ2n) is 6.26. The molecule has 136 valence electrons. The van der Waals surface area contributed by atoms with Crippen molar-refractivity contribution in [3.8, 4) is 0 Å². The fraction of sp³-hybridized carbons (Fsp3) is 0.471. The van der Waals surface area contributed by atoms with Crippen molar-refractivity contribution in [2.24, 2.45) is 0 Å². The third kappa shape index (κ3) is 2.92. The zero-order valence-corrected chi connectivity index (χ0v) is 15.6. The molecule has 0 saturated carbocycles. The Hall–Kier alpha value is -2.55. The highest BCUT2D eigenvalue weighted by Crippen LogP contribution is 2.36. The maximum atomic E-state index is 12.2. The summed E-state index contributed by atoms with van der Waals surface area (Å²) < 4.78 is 7.11. The zero-order chi connectivity index (χ0) is 18.1. The first-order valence-corrected chi connectivity index (χ1v) is 9.52. The fourth-order valence-corrected chi connectivity index (χ4v) is 4.48. The Morgan fingerprint density at radius 2 is 2.15 bits per heavy atom. The second kappa shape index (κ2) is 6.99. The molecule has 26 heavy (non-hydrogen) atoms. The van der Waals surface area contributed by atoms with Crippen LogP contribution in [-0.2, 0) is 4.74 Å². The summed E-state index contributed by atoms with van der Waals surface area (Å²) in [6, 6.07) is 0.366. The molecule has 0 aromatic carbocycles. The van der Waals surface area contributed by atoms with Crippen molar-refractivity contribution in [2.75, 3.05) is 24.6 Å². The summed E-state index contributed by atoms with van der Waals surface area (Å²) in [6.45, 7) is 5.87. The molecule has 3 aromatic rings. The molecule has 1 aliphatic rings. The molecule has 1 fully saturated rings. The monoisotopic (exact) mass is 372 g/mol. The number of thiophene rings is 1. The van der Waals surface area contributed by atoms with E-state index in [0.29, 0.717) is 17.5 Å². The van der Waals surface area contributed by atoms with E-state index in [4.69, 9.17) is 4.74 Å². The Bertz CT molecular complexity index is 915. The third-order valence-electron chi connectivity index (χ3n) is 4.75. The highest BCUT2D eigenvalue weighted by atomic mass is 32.1. The van der Waals surface area contributed by atoms with Gasteiger partial charge in [-0.05, 0) is 32.3 Å². The standard InChI is InChI=1S/C17H20N6O2S/c1-3-25-17(24)14-11(2)13-15(18-10-19-16(13)26-14)22-7-4-12(5-8-22)23-9-6-20-21-23/h6,9-10,12H,3-5,7-8H2,1-2H3. The smallest absolute Gasteiger partial charge is 0.348 e. The van der Waals surface area contributed by atoms with Crippen molar-refractivity contribution in [1.29, 1.82) is 0 Å². The average Bonchev–Trinajstić information content (AvgIpc) is 3.31. The van der Waals surface area contributed by atoms with Crippen molar-refractivity contribution in [2.45, 2.75) is 32.7 Å². The van der Waals surface area contributed by atoms with Crippen LogP contribution < -0.4 is 4.90 Å². The van der Waals surface area contributed by atoms with Crippen molar-refractivity contribution in [1.82, 2.24) is 25.0 Å². The molecular weight excluding hydrogens is 352 g/mol. The van der Waals surface area contributed by atoms with Gasteiger partial charge in [0.25, 0.3) is 0 Å². The van der Waals surface area contributed by atoms with E-state index >= 15 is 0 Å². The van der Waals surface area contributed by atoms with E-state index < -0.39 is 0 Å². The molecule has 1 saturated heterocycles. The SMILES string of the molecule is CCOC(=O)c1sc2ncnc(N3CCC(n4ccnn4)CC3)c2c1C. The van der Waals surface area contributed by atoms with Crippen LogP contribution in [-0.4, -0.2) is 50.6 Å². The number of hydrogen-bond donors (Lipinski definition) is 0. The molecule has 0 spiro atoms. The number of piperidine rings is 1. The highest BCUT2D eigenvalue weighted by molar-refractivity contribution is 7.20. The minimum Gasteiger partial charge on any atom is -0.462 e. The van der Waals surface area contributed by atoms with Crippen LogP contribution in [0, 0.1) is 6.92 Å². The van der Waals surface area contributed by atoms with Crippen LogP contribution in [0.5, 0.6) is 0 Å². The topological polar surface area (TPSA) is 86.0 Å². The molecule has 9 heteroatoms. The molecule has 4 heterocycles. The van der Waals surface area contributed by atoms with E-state index in [0.717, 1.165) is 47.5 Å². The van der Waals surface area contributed by atoms with Crippen LogP contribution in [0.2, 0.25) is 0 Å². The van der Waals surface area contributed by atoms with Crippen LogP contribution >= 0.6 is 11.3 Å². The molecule has 0 unspecified atom stereocenters. The Morgan fingerprint density at radius 3 is 2.85 bits per heavy atom. The number of rotatable bonds is 4. The van der Waals surface area contributed by atoms with Gasteiger partial charge in [-0.15, -0.1) is 16.4 Å². The Balaban J connectivity index is 1.62. The quantitative estimate of drug-likeness (QED) is 0.651. The number of nitrogens with zero attached hydrogens (tertiary/aromatic N) is 6. The van der Waals surface area contributed by atoms with Gasteiger partial charge in [-0.3, -0.25) is 0 Å². The normalized spacial score (nSPS) is 15.5. The van der Waals surface area contributed by atoms with Crippen LogP contribution in [0.1, 0.15) is 41.0 Å². The first-order chi connectivity index (χ1) is 12.7. The average molecular weight is 372 g/mol. The summed E-state index contributed by atoms with van der Waals surface area (Å²) in [6.07, 6.45) is 7.15. The molecule has 0 bridgehead atoms. The number of anilines is 1. The zero-order valence-electron chi connectivity index (χ0n) is 14.8. The van der Waals surface area contributed by atoms with E-state index in [1.54, 1.807) is 12.5 Å². The van der Waals surface area contributed by atoms with E-state index in [-0.39, 0.29) is 5.97 Å². The van der Waals surface area contributed by atoms with Crippen molar-refractivity contribution in [3.05, 3.63) is 29.2 Å². The molecule has 1 aliphatic heterocycles. The molecule has 0 N–H and O–H groups in total. The first kappa shape index (κ1) is 16.9. The summed E-state index contributed by atoms with van der Waals surface area (Å²) in [4.78, 5) is 24.8. The number of aryl methyl sites for hydroxylation is 1. The highest BCUT2D eigenvalue weighted by Gasteiger charge is 2.26. The number of carbonyl (C=O) groups excluding carboxylic acids is 1. The summed E-state index contributed by atoms with van der Waals surface area (Å²) in [7, 11) is 0. The Morgan fingerprint density at radius 1 is 1.35 bits per heavy atom. The lowest BCUT2D eigenvalue weighted by molar-refractivity contribution is 0.0531. The summed E-state index contributed by atoms with van der Waals surface area (Å²) >= 11 is 1.37.